The summed E-state index contributed by atoms with van der Waals surface area (Å²) in [6.07, 6.45) is 0.746. The number of hydrogen-bond donors (Lipinski definition) is 2. The summed E-state index contributed by atoms with van der Waals surface area (Å²) in [6, 6.07) is 5.92. The van der Waals surface area contributed by atoms with Crippen molar-refractivity contribution < 1.29 is 4.79 Å². The summed E-state index contributed by atoms with van der Waals surface area (Å²) in [6.45, 7) is 3.27. The molecule has 1 aliphatic rings. The van der Waals surface area contributed by atoms with Crippen LogP contribution in [0.5, 0.6) is 0 Å². The lowest BCUT2D eigenvalue weighted by atomic mass is 10.1. The molecule has 8 heteroatoms. The summed E-state index contributed by atoms with van der Waals surface area (Å²) in [7, 11) is 0. The Balaban J connectivity index is 1.55. The van der Waals surface area contributed by atoms with Crippen molar-refractivity contribution in [3.8, 4) is 10.6 Å². The molecule has 3 N–H and O–H groups in total. The number of nitrogen functional groups attached to an aromatic ring is 1. The van der Waals surface area contributed by atoms with Gasteiger partial charge in [-0.3, -0.25) is 9.89 Å². The van der Waals surface area contributed by atoms with E-state index >= 15 is 0 Å². The minimum absolute atomic E-state index is 0.0570. The number of thiazole rings is 1. The van der Waals surface area contributed by atoms with E-state index in [1.165, 1.54) is 16.2 Å². The van der Waals surface area contributed by atoms with Crippen LogP contribution in [0.25, 0.3) is 10.6 Å². The molecule has 1 aliphatic heterocycles. The normalized spacial score (nSPS) is 14.0. The van der Waals surface area contributed by atoms with E-state index in [2.05, 4.69) is 28.2 Å². The zero-order valence-corrected chi connectivity index (χ0v) is 14.1. The van der Waals surface area contributed by atoms with Crippen molar-refractivity contribution >= 4 is 33.7 Å². The third kappa shape index (κ3) is 2.64. The van der Waals surface area contributed by atoms with Crippen LogP contribution >= 0.6 is 22.7 Å². The van der Waals surface area contributed by atoms with Crippen molar-refractivity contribution in [2.45, 2.75) is 19.9 Å². The van der Waals surface area contributed by atoms with Crippen LogP contribution in [0.2, 0.25) is 0 Å². The second kappa shape index (κ2) is 5.47. The number of rotatable bonds is 2. The molecule has 0 aromatic carbocycles. The zero-order chi connectivity index (χ0) is 16.0. The van der Waals surface area contributed by atoms with Crippen molar-refractivity contribution in [2.24, 2.45) is 0 Å². The fourth-order valence-corrected chi connectivity index (χ4v) is 4.42. The Hall–Kier alpha value is -2.19. The molecular formula is C15H15N5OS2. The summed E-state index contributed by atoms with van der Waals surface area (Å²) in [5.41, 5.74) is 8.10. The average Bonchev–Trinajstić information content (AvgIpc) is 3.23. The van der Waals surface area contributed by atoms with Crippen LogP contribution in [0.3, 0.4) is 0 Å². The number of aryl methyl sites for hydroxylation is 1. The molecule has 6 nitrogen and oxygen atoms in total. The molecule has 0 aliphatic carbocycles. The molecule has 0 radical (unpaired) electrons. The quantitative estimate of drug-likeness (QED) is 0.747. The van der Waals surface area contributed by atoms with Gasteiger partial charge in [0.15, 0.2) is 10.8 Å². The molecule has 4 heterocycles. The molecule has 3 aromatic rings. The Morgan fingerprint density at radius 3 is 3.04 bits per heavy atom. The monoisotopic (exact) mass is 345 g/mol. The van der Waals surface area contributed by atoms with Gasteiger partial charge in [-0.2, -0.15) is 5.10 Å². The van der Waals surface area contributed by atoms with Gasteiger partial charge in [-0.1, -0.05) is 0 Å². The van der Waals surface area contributed by atoms with E-state index in [0.717, 1.165) is 27.6 Å². The molecular weight excluding hydrogens is 330 g/mol. The minimum atomic E-state index is -0.0570. The number of fused-ring (bicyclic) bond motifs is 1. The Kier molecular flexibility index (Phi) is 3.42. The Morgan fingerprint density at radius 2 is 2.26 bits per heavy atom. The Bertz CT molecular complexity index is 878. The number of aromatic amines is 1. The van der Waals surface area contributed by atoms with Gasteiger partial charge in [0.1, 0.15) is 0 Å². The van der Waals surface area contributed by atoms with E-state index in [-0.39, 0.29) is 5.91 Å². The van der Waals surface area contributed by atoms with Crippen molar-refractivity contribution in [2.75, 3.05) is 12.3 Å². The first-order valence-electron chi connectivity index (χ1n) is 7.25. The van der Waals surface area contributed by atoms with Crippen LogP contribution in [-0.4, -0.2) is 32.5 Å². The molecule has 0 spiro atoms. The van der Waals surface area contributed by atoms with Gasteiger partial charge in [0.2, 0.25) is 0 Å². The molecule has 0 unspecified atom stereocenters. The van der Waals surface area contributed by atoms with Crippen LogP contribution in [0.1, 0.15) is 25.9 Å². The van der Waals surface area contributed by atoms with E-state index in [0.29, 0.717) is 23.9 Å². The van der Waals surface area contributed by atoms with Gasteiger partial charge >= 0.3 is 0 Å². The van der Waals surface area contributed by atoms with Gasteiger partial charge in [-0.15, -0.1) is 22.7 Å². The summed E-state index contributed by atoms with van der Waals surface area (Å²) >= 11 is 3.14. The van der Waals surface area contributed by atoms with Crippen molar-refractivity contribution in [1.82, 2.24) is 20.1 Å². The fraction of sp³-hybridized carbons (Fsp3) is 0.267. The molecule has 1 amide bonds. The second-order valence-electron chi connectivity index (χ2n) is 5.48. The predicted molar refractivity (Wildman–Crippen MR) is 91.6 cm³/mol. The van der Waals surface area contributed by atoms with Gasteiger partial charge in [0.25, 0.3) is 5.91 Å². The number of nitrogens with one attached hydrogen (secondary N) is 1. The summed E-state index contributed by atoms with van der Waals surface area (Å²) < 4.78 is 0. The molecule has 23 heavy (non-hydrogen) atoms. The number of carbonyl (C=O) groups is 1. The molecule has 0 saturated heterocycles. The third-order valence-electron chi connectivity index (χ3n) is 3.84. The van der Waals surface area contributed by atoms with Crippen LogP contribution in [0, 0.1) is 6.92 Å². The number of amides is 1. The zero-order valence-electron chi connectivity index (χ0n) is 12.5. The summed E-state index contributed by atoms with van der Waals surface area (Å²) in [5, 5.41) is 7.72. The van der Waals surface area contributed by atoms with Crippen LogP contribution < -0.4 is 5.73 Å². The van der Waals surface area contributed by atoms with Gasteiger partial charge in [0.05, 0.1) is 22.8 Å². The highest BCUT2D eigenvalue weighted by molar-refractivity contribution is 7.15. The number of nitrogens with zero attached hydrogens (tertiary/aromatic N) is 3. The van der Waals surface area contributed by atoms with Gasteiger partial charge < -0.3 is 10.6 Å². The van der Waals surface area contributed by atoms with Crippen LogP contribution in [-0.2, 0) is 13.0 Å². The lowest BCUT2D eigenvalue weighted by Gasteiger charge is -2.25. The van der Waals surface area contributed by atoms with Crippen LogP contribution in [0.15, 0.2) is 18.2 Å². The number of thiophene rings is 1. The molecule has 0 bridgehead atoms. The van der Waals surface area contributed by atoms with E-state index in [9.17, 15) is 4.79 Å². The number of carbonyl (C=O) groups excluding carboxylic acids is 1. The van der Waals surface area contributed by atoms with Crippen molar-refractivity contribution in [3.63, 3.8) is 0 Å². The van der Waals surface area contributed by atoms with Gasteiger partial charge in [-0.25, -0.2) is 4.98 Å². The van der Waals surface area contributed by atoms with E-state index in [4.69, 9.17) is 5.73 Å². The van der Waals surface area contributed by atoms with Gasteiger partial charge in [-0.05, 0) is 25.1 Å². The SMILES string of the molecule is Cc1ccc(-c2cc(C(=O)N3CCc4nc(N)sc4C3)n[nH]2)s1. The standard InChI is InChI=1S/C15H15N5OS2/c1-8-2-3-12(22-8)10-6-11(19-18-10)14(21)20-5-4-9-13(7-20)23-15(16)17-9/h2-3,6H,4-5,7H2,1H3,(H2,16,17)(H,18,19). The highest BCUT2D eigenvalue weighted by Gasteiger charge is 2.26. The highest BCUT2D eigenvalue weighted by atomic mass is 32.1. The van der Waals surface area contributed by atoms with Gasteiger partial charge in [0, 0.05) is 22.7 Å². The Morgan fingerprint density at radius 1 is 1.39 bits per heavy atom. The van der Waals surface area contributed by atoms with E-state index in [1.54, 1.807) is 16.2 Å². The number of nitrogens with two attached hydrogens (primary N) is 1. The first-order valence-corrected chi connectivity index (χ1v) is 8.89. The highest BCUT2D eigenvalue weighted by Crippen LogP contribution is 2.29. The largest absolute Gasteiger partial charge is 0.375 e. The predicted octanol–water partition coefficient (Wildman–Crippen LogP) is 2.68. The molecule has 118 valence electrons. The first kappa shape index (κ1) is 14.4. The van der Waals surface area contributed by atoms with Crippen molar-refractivity contribution in [1.29, 1.82) is 0 Å². The number of H-pyrrole nitrogens is 1. The Labute approximate surface area is 141 Å². The molecule has 0 fully saturated rings. The molecule has 3 aromatic heterocycles. The summed E-state index contributed by atoms with van der Waals surface area (Å²) in [4.78, 5) is 22.2. The maximum absolute atomic E-state index is 12.7. The first-order chi connectivity index (χ1) is 11.1. The number of aromatic nitrogens is 3. The third-order valence-corrected chi connectivity index (χ3v) is 5.78. The van der Waals surface area contributed by atoms with E-state index < -0.39 is 0 Å². The van der Waals surface area contributed by atoms with Crippen LogP contribution in [0.4, 0.5) is 5.13 Å². The molecule has 4 rings (SSSR count). The maximum Gasteiger partial charge on any atom is 0.274 e. The summed E-state index contributed by atoms with van der Waals surface area (Å²) in [5.74, 6) is -0.0570. The lowest BCUT2D eigenvalue weighted by Crippen LogP contribution is -2.35. The number of hydrogen-bond acceptors (Lipinski definition) is 6. The molecule has 0 atom stereocenters. The second-order valence-corrected chi connectivity index (χ2v) is 7.88. The smallest absolute Gasteiger partial charge is 0.274 e. The number of anilines is 1. The molecule has 0 saturated carbocycles. The maximum atomic E-state index is 12.7. The lowest BCUT2D eigenvalue weighted by molar-refractivity contribution is 0.0730. The average molecular weight is 345 g/mol. The van der Waals surface area contributed by atoms with Crippen molar-refractivity contribution in [3.05, 3.63) is 39.3 Å². The topological polar surface area (TPSA) is 87.9 Å². The fourth-order valence-electron chi connectivity index (χ4n) is 2.69. The minimum Gasteiger partial charge on any atom is -0.375 e. The van der Waals surface area contributed by atoms with E-state index in [1.807, 2.05) is 12.1 Å².